The Balaban J connectivity index is 1.72. The van der Waals surface area contributed by atoms with E-state index in [1.54, 1.807) is 24.7 Å². The molecule has 3 aromatic heterocycles. The predicted octanol–water partition coefficient (Wildman–Crippen LogP) is 6.54. The predicted molar refractivity (Wildman–Crippen MR) is 151 cm³/mol. The van der Waals surface area contributed by atoms with Crippen LogP contribution in [0.5, 0.6) is 0 Å². The number of ether oxygens (including phenoxy) is 1. The van der Waals surface area contributed by atoms with Crippen molar-refractivity contribution in [1.82, 2.24) is 24.5 Å². The lowest BCUT2D eigenvalue weighted by molar-refractivity contribution is 0.0552. The maximum atomic E-state index is 11.0. The number of aliphatic hydroxyl groups is 1. The minimum absolute atomic E-state index is 0.0214. The second kappa shape index (κ2) is 9.65. The maximum Gasteiger partial charge on any atom is 0.179 e. The maximum absolute atomic E-state index is 11.0. The van der Waals surface area contributed by atoms with Gasteiger partial charge in [-0.05, 0) is 56.4 Å². The van der Waals surface area contributed by atoms with Crippen LogP contribution in [0.25, 0.3) is 33.2 Å². The van der Waals surface area contributed by atoms with E-state index in [0.717, 1.165) is 53.6 Å². The summed E-state index contributed by atoms with van der Waals surface area (Å²) in [7, 11) is 1.82. The van der Waals surface area contributed by atoms with Gasteiger partial charge >= 0.3 is 0 Å². The fourth-order valence-corrected chi connectivity index (χ4v) is 6.43. The lowest BCUT2D eigenvalue weighted by atomic mass is 9.86. The van der Waals surface area contributed by atoms with E-state index in [1.807, 2.05) is 25.2 Å². The fraction of sp³-hybridized carbons (Fsp3) is 0.345. The molecule has 0 bridgehead atoms. The molecule has 6 rings (SSSR count). The summed E-state index contributed by atoms with van der Waals surface area (Å²) in [6.07, 6.45) is 3.69. The number of benzene rings is 2. The number of aromatic nitrogens is 5. The average Bonchev–Trinajstić information content (AvgIpc) is 3.40. The Labute approximate surface area is 231 Å². The first-order valence-corrected chi connectivity index (χ1v) is 13.5. The van der Waals surface area contributed by atoms with Crippen LogP contribution in [-0.4, -0.2) is 42.9 Å². The van der Waals surface area contributed by atoms with Crippen LogP contribution in [0, 0.1) is 5.92 Å². The van der Waals surface area contributed by atoms with E-state index < -0.39 is 5.60 Å². The van der Waals surface area contributed by atoms with Crippen molar-refractivity contribution >= 4 is 45.1 Å². The molecular weight excluding hydrogens is 521 g/mol. The first-order chi connectivity index (χ1) is 18.2. The molecule has 1 aliphatic heterocycles. The molecule has 1 fully saturated rings. The van der Waals surface area contributed by atoms with E-state index in [2.05, 4.69) is 45.2 Å². The van der Waals surface area contributed by atoms with E-state index in [0.29, 0.717) is 27.4 Å². The van der Waals surface area contributed by atoms with Crippen molar-refractivity contribution in [3.05, 3.63) is 76.0 Å². The second-order valence-corrected chi connectivity index (χ2v) is 11.3. The second-order valence-electron chi connectivity index (χ2n) is 10.5. The van der Waals surface area contributed by atoms with Gasteiger partial charge in [-0.3, -0.25) is 4.98 Å². The molecular formula is C29H29Cl2N5O2. The SMILES string of the molecule is Cn1nnc(Cl)c1-c1cnc2c3cc(Cl)c(C(C)(C)O)cc3n(C(c3ccccc3)C3CCOCC3)c2c1. The van der Waals surface area contributed by atoms with Crippen molar-refractivity contribution in [2.24, 2.45) is 13.0 Å². The molecule has 0 spiro atoms. The van der Waals surface area contributed by atoms with Crippen LogP contribution < -0.4 is 0 Å². The van der Waals surface area contributed by atoms with Gasteiger partial charge in [0.05, 0.1) is 28.2 Å². The van der Waals surface area contributed by atoms with Gasteiger partial charge < -0.3 is 14.4 Å². The molecule has 0 saturated carbocycles. The summed E-state index contributed by atoms with van der Waals surface area (Å²) in [5, 5.41) is 20.9. The van der Waals surface area contributed by atoms with Gasteiger partial charge in [0, 0.05) is 48.0 Å². The lowest BCUT2D eigenvalue weighted by Gasteiger charge is -2.33. The van der Waals surface area contributed by atoms with Gasteiger partial charge in [0.1, 0.15) is 5.69 Å². The highest BCUT2D eigenvalue weighted by Gasteiger charge is 2.31. The molecule has 1 N–H and O–H groups in total. The van der Waals surface area contributed by atoms with E-state index in [-0.39, 0.29) is 6.04 Å². The Hall–Kier alpha value is -2.97. The lowest BCUT2D eigenvalue weighted by Crippen LogP contribution is -2.27. The Bertz CT molecular complexity index is 1610. The molecule has 4 heterocycles. The third-order valence-corrected chi connectivity index (χ3v) is 8.14. The van der Waals surface area contributed by atoms with E-state index in [1.165, 1.54) is 5.56 Å². The summed E-state index contributed by atoms with van der Waals surface area (Å²) < 4.78 is 9.78. The zero-order valence-corrected chi connectivity index (χ0v) is 23.0. The van der Waals surface area contributed by atoms with Crippen molar-refractivity contribution in [1.29, 1.82) is 0 Å². The minimum Gasteiger partial charge on any atom is -0.386 e. The van der Waals surface area contributed by atoms with Crippen LogP contribution in [0.3, 0.4) is 0 Å². The largest absolute Gasteiger partial charge is 0.386 e. The third kappa shape index (κ3) is 4.28. The summed E-state index contributed by atoms with van der Waals surface area (Å²) in [5.41, 5.74) is 5.08. The Kier molecular flexibility index (Phi) is 6.43. The number of nitrogens with zero attached hydrogens (tertiary/aromatic N) is 5. The molecule has 1 unspecified atom stereocenters. The standard InChI is InChI=1S/C29H29Cl2N5O2/c1-29(2,37)21-15-23-20(14-22(21)30)25-24(13-19(16-32-25)27-28(31)33-34-35(27)3)36(23)26(17-7-5-4-6-8-17)18-9-11-38-12-10-18/h4-8,13-16,18,26,37H,9-12H2,1-3H3. The molecule has 38 heavy (non-hydrogen) atoms. The van der Waals surface area contributed by atoms with Gasteiger partial charge in [0.15, 0.2) is 5.15 Å². The van der Waals surface area contributed by atoms with Crippen LogP contribution in [0.4, 0.5) is 0 Å². The van der Waals surface area contributed by atoms with Crippen molar-refractivity contribution in [3.63, 3.8) is 0 Å². The molecule has 1 aliphatic rings. The highest BCUT2D eigenvalue weighted by Crippen LogP contribution is 2.43. The van der Waals surface area contributed by atoms with Gasteiger partial charge in [-0.1, -0.05) is 58.7 Å². The molecule has 2 aromatic carbocycles. The summed E-state index contributed by atoms with van der Waals surface area (Å²) in [6.45, 7) is 4.97. The number of pyridine rings is 1. The molecule has 0 aliphatic carbocycles. The van der Waals surface area contributed by atoms with Gasteiger partial charge in [-0.2, -0.15) is 0 Å². The number of hydrogen-bond acceptors (Lipinski definition) is 5. The third-order valence-electron chi connectivity index (χ3n) is 7.58. The molecule has 7 nitrogen and oxygen atoms in total. The van der Waals surface area contributed by atoms with Crippen molar-refractivity contribution < 1.29 is 9.84 Å². The number of fused-ring (bicyclic) bond motifs is 3. The van der Waals surface area contributed by atoms with E-state index in [9.17, 15) is 5.11 Å². The number of halogens is 2. The van der Waals surface area contributed by atoms with Gasteiger partial charge in [-0.25, -0.2) is 4.68 Å². The smallest absolute Gasteiger partial charge is 0.179 e. The topological polar surface area (TPSA) is 78.0 Å². The number of hydrogen-bond donors (Lipinski definition) is 1. The quantitative estimate of drug-likeness (QED) is 0.269. The highest BCUT2D eigenvalue weighted by atomic mass is 35.5. The zero-order valence-electron chi connectivity index (χ0n) is 21.5. The Morgan fingerprint density at radius 3 is 2.45 bits per heavy atom. The molecule has 9 heteroatoms. The van der Waals surface area contributed by atoms with Crippen LogP contribution in [0.2, 0.25) is 10.2 Å². The minimum atomic E-state index is -1.11. The van der Waals surface area contributed by atoms with E-state index >= 15 is 0 Å². The van der Waals surface area contributed by atoms with Crippen molar-refractivity contribution in [2.75, 3.05) is 13.2 Å². The van der Waals surface area contributed by atoms with Crippen LogP contribution in [-0.2, 0) is 17.4 Å². The van der Waals surface area contributed by atoms with Gasteiger partial charge in [0.25, 0.3) is 0 Å². The molecule has 0 amide bonds. The Morgan fingerprint density at radius 1 is 1.05 bits per heavy atom. The summed E-state index contributed by atoms with van der Waals surface area (Å²) in [5.74, 6) is 0.344. The first kappa shape index (κ1) is 25.3. The van der Waals surface area contributed by atoms with Crippen LogP contribution in [0.1, 0.15) is 43.9 Å². The van der Waals surface area contributed by atoms with Crippen LogP contribution in [0.15, 0.2) is 54.7 Å². The first-order valence-electron chi connectivity index (χ1n) is 12.8. The molecule has 1 atom stereocenters. The van der Waals surface area contributed by atoms with Crippen LogP contribution >= 0.6 is 23.2 Å². The zero-order chi connectivity index (χ0) is 26.6. The van der Waals surface area contributed by atoms with Gasteiger partial charge in [0.2, 0.25) is 0 Å². The fourth-order valence-electron chi connectivity index (χ4n) is 5.77. The molecule has 1 saturated heterocycles. The molecule has 196 valence electrons. The Morgan fingerprint density at radius 2 is 1.79 bits per heavy atom. The summed E-state index contributed by atoms with van der Waals surface area (Å²) >= 11 is 13.2. The van der Waals surface area contributed by atoms with Crippen molar-refractivity contribution in [3.8, 4) is 11.3 Å². The number of aryl methyl sites for hydroxylation is 1. The summed E-state index contributed by atoms with van der Waals surface area (Å²) in [4.78, 5) is 4.93. The normalized spacial score (nSPS) is 15.9. The molecule has 0 radical (unpaired) electrons. The number of rotatable bonds is 5. The van der Waals surface area contributed by atoms with Crippen molar-refractivity contribution in [2.45, 2.75) is 38.3 Å². The van der Waals surface area contributed by atoms with E-state index in [4.69, 9.17) is 32.9 Å². The monoisotopic (exact) mass is 549 g/mol. The highest BCUT2D eigenvalue weighted by molar-refractivity contribution is 6.33. The average molecular weight is 550 g/mol. The molecule has 5 aromatic rings. The van der Waals surface area contributed by atoms with Gasteiger partial charge in [-0.15, -0.1) is 5.10 Å². The summed E-state index contributed by atoms with van der Waals surface area (Å²) in [6, 6.07) is 16.7.